The average Bonchev–Trinajstić information content (AvgIpc) is 3.35. The van der Waals surface area contributed by atoms with E-state index < -0.39 is 0 Å². The summed E-state index contributed by atoms with van der Waals surface area (Å²) in [6.45, 7) is 6.40. The summed E-state index contributed by atoms with van der Waals surface area (Å²) in [6, 6.07) is 11.7. The summed E-state index contributed by atoms with van der Waals surface area (Å²) in [5.74, 6) is -0.453. The maximum Gasteiger partial charge on any atom is 0.307 e. The van der Waals surface area contributed by atoms with Gasteiger partial charge in [0, 0.05) is 61.3 Å². The van der Waals surface area contributed by atoms with Crippen molar-refractivity contribution in [3.05, 3.63) is 58.7 Å². The predicted octanol–water partition coefficient (Wildman–Crippen LogP) is 4.99. The van der Waals surface area contributed by atoms with Crippen molar-refractivity contribution in [2.75, 3.05) is 49.3 Å². The fourth-order valence-corrected chi connectivity index (χ4v) is 5.90. The van der Waals surface area contributed by atoms with E-state index >= 15 is 0 Å². The third kappa shape index (κ3) is 5.39. The Morgan fingerprint density at radius 2 is 1.89 bits per heavy atom. The first kappa shape index (κ1) is 24.7. The fourth-order valence-electron chi connectivity index (χ4n) is 5.07. The van der Waals surface area contributed by atoms with Crippen LogP contribution in [0.4, 0.5) is 15.8 Å². The summed E-state index contributed by atoms with van der Waals surface area (Å²) < 4.78 is 20.5. The van der Waals surface area contributed by atoms with Gasteiger partial charge in [0.1, 0.15) is 5.82 Å². The SMILES string of the molecule is CCCC(=O)OCN1C(=O)CCc2ccc(CCN3CCN(c4cc(F)cc5sccc45)CC3)cc21. The largest absolute Gasteiger partial charge is 0.444 e. The lowest BCUT2D eigenvalue weighted by Crippen LogP contribution is -2.47. The van der Waals surface area contributed by atoms with Gasteiger partial charge in [-0.1, -0.05) is 19.1 Å². The lowest BCUT2D eigenvalue weighted by molar-refractivity contribution is -0.144. The molecule has 1 amide bonds. The molecular weight excluding hydrogens is 477 g/mol. The number of hydrogen-bond acceptors (Lipinski definition) is 6. The molecule has 3 aromatic rings. The number of rotatable bonds is 8. The molecule has 1 fully saturated rings. The number of carbonyl (C=O) groups is 2. The van der Waals surface area contributed by atoms with E-state index in [0.717, 1.165) is 72.6 Å². The normalized spacial score (nSPS) is 16.4. The number of halogens is 1. The van der Waals surface area contributed by atoms with E-state index in [0.29, 0.717) is 19.3 Å². The Morgan fingerprint density at radius 3 is 2.69 bits per heavy atom. The number of benzene rings is 2. The van der Waals surface area contributed by atoms with Crippen molar-refractivity contribution in [1.82, 2.24) is 4.90 Å². The topological polar surface area (TPSA) is 53.1 Å². The van der Waals surface area contributed by atoms with Gasteiger partial charge in [-0.05, 0) is 60.0 Å². The summed E-state index contributed by atoms with van der Waals surface area (Å²) >= 11 is 1.58. The van der Waals surface area contributed by atoms with Crippen LogP contribution in [0.15, 0.2) is 41.8 Å². The molecule has 2 aromatic carbocycles. The van der Waals surface area contributed by atoms with Crippen LogP contribution in [0.25, 0.3) is 10.1 Å². The Balaban J connectivity index is 1.19. The molecule has 0 bridgehead atoms. The van der Waals surface area contributed by atoms with E-state index in [1.54, 1.807) is 28.4 Å². The number of hydrogen-bond donors (Lipinski definition) is 0. The van der Waals surface area contributed by atoms with Crippen LogP contribution >= 0.6 is 11.3 Å². The van der Waals surface area contributed by atoms with Gasteiger partial charge >= 0.3 is 5.97 Å². The maximum atomic E-state index is 14.1. The number of fused-ring (bicyclic) bond motifs is 2. The fraction of sp³-hybridized carbons (Fsp3) is 0.429. The van der Waals surface area contributed by atoms with E-state index in [2.05, 4.69) is 34.1 Å². The Bertz CT molecular complexity index is 1250. The lowest BCUT2D eigenvalue weighted by atomic mass is 9.98. The number of ether oxygens (including phenoxy) is 1. The van der Waals surface area contributed by atoms with Gasteiger partial charge in [0.15, 0.2) is 6.73 Å². The van der Waals surface area contributed by atoms with Crippen LogP contribution in [0.5, 0.6) is 0 Å². The molecule has 0 aliphatic carbocycles. The predicted molar refractivity (Wildman–Crippen MR) is 142 cm³/mol. The zero-order valence-corrected chi connectivity index (χ0v) is 21.5. The molecule has 0 unspecified atom stereocenters. The molecule has 2 aliphatic rings. The van der Waals surface area contributed by atoms with E-state index in [9.17, 15) is 14.0 Å². The van der Waals surface area contributed by atoms with Crippen LogP contribution in [-0.4, -0.2) is 56.2 Å². The zero-order chi connectivity index (χ0) is 25.1. The molecule has 0 radical (unpaired) electrons. The smallest absolute Gasteiger partial charge is 0.307 e. The summed E-state index contributed by atoms with van der Waals surface area (Å²) in [6.07, 6.45) is 3.11. The first-order valence-corrected chi connectivity index (χ1v) is 13.6. The van der Waals surface area contributed by atoms with Crippen LogP contribution < -0.4 is 9.80 Å². The van der Waals surface area contributed by atoms with Crippen LogP contribution in [0.3, 0.4) is 0 Å². The second-order valence-corrected chi connectivity index (χ2v) is 10.5. The Hall–Kier alpha value is -2.97. The standard InChI is InChI=1S/C28H32FN3O3S/c1-2-3-28(34)35-19-32-24-16-20(4-5-21(24)6-7-27(32)33)8-10-30-11-13-31(14-12-30)25-17-22(29)18-26-23(25)9-15-36-26/h4-5,9,15-18H,2-3,6-8,10-14,19H2,1H3. The molecule has 5 rings (SSSR count). The van der Waals surface area contributed by atoms with Crippen LogP contribution in [0.1, 0.15) is 37.3 Å². The number of aryl methyl sites for hydroxylation is 1. The van der Waals surface area contributed by atoms with E-state index in [-0.39, 0.29) is 24.4 Å². The molecule has 0 saturated carbocycles. The van der Waals surface area contributed by atoms with Gasteiger partial charge in [-0.3, -0.25) is 19.4 Å². The second-order valence-electron chi connectivity index (χ2n) is 9.52. The molecular formula is C28H32FN3O3S. The van der Waals surface area contributed by atoms with Crippen molar-refractivity contribution < 1.29 is 18.7 Å². The van der Waals surface area contributed by atoms with Gasteiger partial charge in [0.05, 0.1) is 5.69 Å². The highest BCUT2D eigenvalue weighted by Gasteiger charge is 2.26. The molecule has 3 heterocycles. The number of nitrogens with zero attached hydrogens (tertiary/aromatic N) is 3. The summed E-state index contributed by atoms with van der Waals surface area (Å²) in [5.41, 5.74) is 4.14. The van der Waals surface area contributed by atoms with Gasteiger partial charge in [-0.25, -0.2) is 4.39 Å². The molecule has 0 N–H and O–H groups in total. The first-order chi connectivity index (χ1) is 17.5. The Labute approximate surface area is 215 Å². The average molecular weight is 510 g/mol. The molecule has 1 aromatic heterocycles. The lowest BCUT2D eigenvalue weighted by Gasteiger charge is -2.36. The third-order valence-electron chi connectivity index (χ3n) is 7.10. The van der Waals surface area contributed by atoms with Crippen molar-refractivity contribution in [3.63, 3.8) is 0 Å². The number of piperazine rings is 1. The van der Waals surface area contributed by atoms with Crippen molar-refractivity contribution in [1.29, 1.82) is 0 Å². The van der Waals surface area contributed by atoms with Gasteiger partial charge in [-0.15, -0.1) is 11.3 Å². The van der Waals surface area contributed by atoms with Crippen molar-refractivity contribution >= 4 is 44.7 Å². The second kappa shape index (κ2) is 11.0. The number of amides is 1. The zero-order valence-electron chi connectivity index (χ0n) is 20.7. The molecule has 0 atom stereocenters. The van der Waals surface area contributed by atoms with E-state index in [1.165, 1.54) is 5.56 Å². The maximum absolute atomic E-state index is 14.1. The molecule has 36 heavy (non-hydrogen) atoms. The minimum absolute atomic E-state index is 0.00264. The van der Waals surface area contributed by atoms with Crippen LogP contribution in [0.2, 0.25) is 0 Å². The Kier molecular flexibility index (Phi) is 7.53. The minimum atomic E-state index is -0.273. The van der Waals surface area contributed by atoms with E-state index in [1.807, 2.05) is 12.3 Å². The molecule has 6 nitrogen and oxygen atoms in total. The molecule has 2 aliphatic heterocycles. The van der Waals surface area contributed by atoms with Crippen LogP contribution in [-0.2, 0) is 27.2 Å². The quantitative estimate of drug-likeness (QED) is 0.401. The Morgan fingerprint density at radius 1 is 1.06 bits per heavy atom. The summed E-state index contributed by atoms with van der Waals surface area (Å²) in [5, 5.41) is 3.15. The number of esters is 1. The minimum Gasteiger partial charge on any atom is -0.444 e. The highest BCUT2D eigenvalue weighted by molar-refractivity contribution is 7.17. The highest BCUT2D eigenvalue weighted by Crippen LogP contribution is 2.33. The van der Waals surface area contributed by atoms with Crippen molar-refractivity contribution in [2.45, 2.75) is 39.0 Å². The monoisotopic (exact) mass is 509 g/mol. The van der Waals surface area contributed by atoms with Crippen LogP contribution in [0, 0.1) is 5.82 Å². The third-order valence-corrected chi connectivity index (χ3v) is 7.97. The first-order valence-electron chi connectivity index (χ1n) is 12.7. The summed E-state index contributed by atoms with van der Waals surface area (Å²) in [4.78, 5) is 30.8. The van der Waals surface area contributed by atoms with Gasteiger partial charge in [-0.2, -0.15) is 0 Å². The molecule has 0 spiro atoms. The number of anilines is 2. The highest BCUT2D eigenvalue weighted by atomic mass is 32.1. The van der Waals surface area contributed by atoms with Gasteiger partial charge in [0.25, 0.3) is 0 Å². The van der Waals surface area contributed by atoms with E-state index in [4.69, 9.17) is 4.74 Å². The van der Waals surface area contributed by atoms with Gasteiger partial charge in [0.2, 0.25) is 5.91 Å². The summed E-state index contributed by atoms with van der Waals surface area (Å²) in [7, 11) is 0. The number of carbonyl (C=O) groups excluding carboxylic acids is 2. The van der Waals surface area contributed by atoms with Gasteiger partial charge < -0.3 is 9.64 Å². The molecule has 190 valence electrons. The van der Waals surface area contributed by atoms with Crippen molar-refractivity contribution in [3.8, 4) is 0 Å². The molecule has 8 heteroatoms. The van der Waals surface area contributed by atoms with Crippen molar-refractivity contribution in [2.24, 2.45) is 0 Å². The number of thiophene rings is 1. The molecule has 1 saturated heterocycles.